The molecule has 1 aliphatic heterocycles. The lowest BCUT2D eigenvalue weighted by molar-refractivity contribution is 0.0941. The van der Waals surface area contributed by atoms with Gasteiger partial charge in [0.25, 0.3) is 47.3 Å². The van der Waals surface area contributed by atoms with Gasteiger partial charge in [0.1, 0.15) is 91.6 Å². The normalized spacial score (nSPS) is 12.1. The molecule has 33 heteroatoms. The van der Waals surface area contributed by atoms with Crippen molar-refractivity contribution >= 4 is 70.5 Å². The summed E-state index contributed by atoms with van der Waals surface area (Å²) in [7, 11) is 0. The molecule has 12 aromatic rings. The van der Waals surface area contributed by atoms with Crippen LogP contribution < -0.4 is 67.1 Å². The Labute approximate surface area is 694 Å². The van der Waals surface area contributed by atoms with Gasteiger partial charge in [-0.05, 0) is 156 Å². The third-order valence-corrected chi connectivity index (χ3v) is 19.9. The summed E-state index contributed by atoms with van der Waals surface area (Å²) in [4.78, 5) is 97.1. The second-order valence-corrected chi connectivity index (χ2v) is 29.1. The molecule has 0 saturated carbocycles. The highest BCUT2D eigenvalue weighted by Crippen LogP contribution is 2.35. The first-order valence-electron chi connectivity index (χ1n) is 38.4. The third kappa shape index (κ3) is 21.0. The highest BCUT2D eigenvalue weighted by molar-refractivity contribution is 6.06. The molecule has 0 spiro atoms. The number of rotatable bonds is 24. The third-order valence-electron chi connectivity index (χ3n) is 19.9. The first kappa shape index (κ1) is 88.6. The van der Waals surface area contributed by atoms with Crippen molar-refractivity contribution in [2.75, 3.05) is 36.1 Å². The molecule has 29 nitrogen and oxygen atoms in total. The van der Waals surface area contributed by atoms with Gasteiger partial charge in [0, 0.05) is 101 Å². The highest BCUT2D eigenvalue weighted by atomic mass is 19.1. The summed E-state index contributed by atoms with van der Waals surface area (Å²) in [6.45, 7) is 18.9. The minimum absolute atomic E-state index is 0.00206. The van der Waals surface area contributed by atoms with E-state index in [0.717, 1.165) is 33.9 Å². The number of hydrogen-bond donors (Lipinski definition) is 12. The first-order chi connectivity index (χ1) is 57.5. The molecule has 1 fully saturated rings. The lowest BCUT2D eigenvalue weighted by Crippen LogP contribution is -2.24. The van der Waals surface area contributed by atoms with E-state index in [4.69, 9.17) is 50.6 Å². The Kier molecular flexibility index (Phi) is 28.6. The number of benzene rings is 8. The van der Waals surface area contributed by atoms with Gasteiger partial charge in [-0.15, -0.1) is 0 Å². The zero-order chi connectivity index (χ0) is 88.0. The molecular formula is C88H94F4N20O9. The van der Waals surface area contributed by atoms with E-state index in [1.807, 2.05) is 96.1 Å². The summed E-state index contributed by atoms with van der Waals surface area (Å²) in [5, 5.41) is 28.8. The molecule has 20 N–H and O–H groups in total. The monoisotopic (exact) mass is 1650 g/mol. The van der Waals surface area contributed by atoms with Crippen molar-refractivity contribution in [3.63, 3.8) is 0 Å². The fourth-order valence-corrected chi connectivity index (χ4v) is 13.2. The van der Waals surface area contributed by atoms with Crippen LogP contribution in [0.15, 0.2) is 170 Å². The van der Waals surface area contributed by atoms with Gasteiger partial charge in [0.05, 0.1) is 12.6 Å². The molecule has 628 valence electrons. The minimum Gasteiger partial charge on any atom is -0.383 e. The SMILES string of the molecule is CCn1nc(-c2ccc(CNC(=O)c3cc(F)ccc3C)cc2)c(C(N)=O)c1N.Cc1ccc(F)cc1C(=O)NCc1ccc(-c2nn(C(C)C)c(N)c2C(N)=O)cc1.Cc1ccc(F)cc1C(=O)NCc1ccc(-c2nn(C3CCOC3)c(N)c2C(N)=O)cc1F.Cc1ccccc1C(=O)NCc1ccc(-c2nn(C(C)C)c(N)c2C(N)=O)cc1. The van der Waals surface area contributed by atoms with Gasteiger partial charge in [0.15, 0.2) is 0 Å². The molecule has 1 aliphatic rings. The molecule has 8 aromatic carbocycles. The van der Waals surface area contributed by atoms with Gasteiger partial charge < -0.3 is 71.9 Å². The molecule has 13 rings (SSSR count). The molecule has 1 atom stereocenters. The summed E-state index contributed by atoms with van der Waals surface area (Å²) in [5.74, 6) is -5.23. The van der Waals surface area contributed by atoms with Gasteiger partial charge in [0.2, 0.25) is 0 Å². The van der Waals surface area contributed by atoms with E-state index in [0.29, 0.717) is 99.9 Å². The van der Waals surface area contributed by atoms with Crippen LogP contribution in [0, 0.1) is 51.0 Å². The lowest BCUT2D eigenvalue weighted by atomic mass is 10.0. The van der Waals surface area contributed by atoms with E-state index in [1.54, 1.807) is 90.8 Å². The number of amides is 8. The number of aryl methyl sites for hydroxylation is 5. The Morgan fingerprint density at radius 2 is 0.760 bits per heavy atom. The summed E-state index contributed by atoms with van der Waals surface area (Å²) in [6, 6.07) is 45.4. The van der Waals surface area contributed by atoms with Crippen molar-refractivity contribution in [2.45, 2.75) is 120 Å². The lowest BCUT2D eigenvalue weighted by Gasteiger charge is -2.10. The highest BCUT2D eigenvalue weighted by Gasteiger charge is 2.30. The minimum atomic E-state index is -0.769. The zero-order valence-electron chi connectivity index (χ0n) is 67.9. The Hall–Kier alpha value is -14.8. The van der Waals surface area contributed by atoms with Gasteiger partial charge in [-0.3, -0.25) is 38.4 Å². The van der Waals surface area contributed by atoms with E-state index in [1.165, 1.54) is 57.9 Å². The number of primary amides is 4. The van der Waals surface area contributed by atoms with Gasteiger partial charge in [-0.25, -0.2) is 36.3 Å². The maximum Gasteiger partial charge on any atom is 0.254 e. The number of halogens is 4. The van der Waals surface area contributed by atoms with Crippen LogP contribution in [0.25, 0.3) is 45.0 Å². The molecule has 0 bridgehead atoms. The molecule has 4 aromatic heterocycles. The fraction of sp³-hybridized carbons (Fsp3) is 0.227. The van der Waals surface area contributed by atoms with Crippen molar-refractivity contribution in [3.05, 3.63) is 282 Å². The Balaban J connectivity index is 0.000000170. The maximum atomic E-state index is 14.9. The first-order valence-corrected chi connectivity index (χ1v) is 38.4. The average Bonchev–Trinajstić information content (AvgIpc) is 1.64. The number of aromatic nitrogens is 8. The fourth-order valence-electron chi connectivity index (χ4n) is 13.2. The summed E-state index contributed by atoms with van der Waals surface area (Å²) in [5.41, 5.74) is 57.9. The molecular weight excluding hydrogens is 1560 g/mol. The summed E-state index contributed by atoms with van der Waals surface area (Å²) in [6.07, 6.45) is 0.682. The van der Waals surface area contributed by atoms with Crippen LogP contribution in [-0.4, -0.2) is 99.6 Å². The molecule has 0 aliphatic carbocycles. The van der Waals surface area contributed by atoms with Crippen molar-refractivity contribution in [3.8, 4) is 45.0 Å². The van der Waals surface area contributed by atoms with Gasteiger partial charge >= 0.3 is 0 Å². The van der Waals surface area contributed by atoms with Crippen LogP contribution in [0.1, 0.15) is 187 Å². The molecule has 5 heterocycles. The van der Waals surface area contributed by atoms with Crippen LogP contribution in [0.2, 0.25) is 0 Å². The smallest absolute Gasteiger partial charge is 0.254 e. The Morgan fingerprint density at radius 1 is 0.413 bits per heavy atom. The van der Waals surface area contributed by atoms with E-state index in [-0.39, 0.29) is 118 Å². The van der Waals surface area contributed by atoms with Crippen LogP contribution in [0.4, 0.5) is 40.8 Å². The van der Waals surface area contributed by atoms with Crippen LogP contribution in [0.3, 0.4) is 0 Å². The number of nitrogens with zero attached hydrogens (tertiary/aromatic N) is 8. The number of carbonyl (C=O) groups excluding carboxylic acids is 8. The van der Waals surface area contributed by atoms with Crippen molar-refractivity contribution in [1.29, 1.82) is 0 Å². The predicted octanol–water partition coefficient (Wildman–Crippen LogP) is 11.6. The maximum absolute atomic E-state index is 14.9. The Morgan fingerprint density at radius 3 is 1.12 bits per heavy atom. The van der Waals surface area contributed by atoms with Crippen LogP contribution in [0.5, 0.6) is 0 Å². The van der Waals surface area contributed by atoms with E-state index in [9.17, 15) is 55.9 Å². The largest absolute Gasteiger partial charge is 0.383 e. The average molecular weight is 1650 g/mol. The van der Waals surface area contributed by atoms with Gasteiger partial charge in [-0.2, -0.15) is 20.4 Å². The predicted molar refractivity (Wildman–Crippen MR) is 453 cm³/mol. The van der Waals surface area contributed by atoms with E-state index in [2.05, 4.69) is 41.7 Å². The number of carbonyl (C=O) groups is 8. The number of nitrogens with one attached hydrogen (secondary N) is 4. The zero-order valence-corrected chi connectivity index (χ0v) is 67.9. The second-order valence-electron chi connectivity index (χ2n) is 29.1. The Bertz CT molecular complexity index is 5890. The molecule has 8 amide bonds. The molecule has 0 radical (unpaired) electrons. The second kappa shape index (κ2) is 39.0. The van der Waals surface area contributed by atoms with Crippen molar-refractivity contribution in [2.24, 2.45) is 22.9 Å². The quantitative estimate of drug-likeness (QED) is 0.0250. The topological polar surface area (TPSA) is 473 Å². The van der Waals surface area contributed by atoms with Crippen molar-refractivity contribution < 1.29 is 60.7 Å². The summed E-state index contributed by atoms with van der Waals surface area (Å²) < 4.78 is 66.7. The van der Waals surface area contributed by atoms with Crippen LogP contribution >= 0.6 is 0 Å². The van der Waals surface area contributed by atoms with E-state index < -0.39 is 52.8 Å². The molecule has 121 heavy (non-hydrogen) atoms. The number of nitrogen functional groups attached to an aromatic ring is 4. The van der Waals surface area contributed by atoms with Gasteiger partial charge in [-0.1, -0.05) is 121 Å². The number of ether oxygens (including phenoxy) is 1. The van der Waals surface area contributed by atoms with Crippen molar-refractivity contribution in [1.82, 2.24) is 60.4 Å². The molecule has 1 saturated heterocycles. The number of hydrogen-bond acceptors (Lipinski definition) is 17. The number of anilines is 4. The van der Waals surface area contributed by atoms with Crippen LogP contribution in [-0.2, 0) is 37.5 Å². The number of nitrogens with two attached hydrogens (primary N) is 8. The molecule has 1 unspecified atom stereocenters. The van der Waals surface area contributed by atoms with E-state index >= 15 is 0 Å². The standard InChI is InChI=1S/C23H23F2N5O3.C22H24FN5O2.C22H25N5O2.C21H22FN5O2/c1-12-2-5-15(24)9-17(12)23(32)28-10-14-4-3-13(8-18(14)25)20-19(22(27)31)21(26)30(29-20)16-6-7-33-11-16;1-12(2)28-20(24)18(21(25)29)19(27-28)15-7-5-14(6-8-15)11-26-22(30)17-10-16(23)9-4-13(17)3;1-13(2)27-20(23)18(21(24)28)19(26-27)16-10-8-15(9-11-16)12-25-22(29)17-7-5-4-6-14(17)3;1-3-27-19(23)17(20(24)28)18(26-27)14-7-5-13(6-8-14)11-25-21(29)16-10-15(22)9-4-12(16)2/h2-5,8-9,16H,6-7,10-11,26H2,1H3,(H2,27,31)(H,28,32);4-10,12H,11,24H2,1-3H3,(H2,25,29)(H,26,30);4-11,13H,12,23H2,1-3H3,(H2,24,28)(H,25,29);4-10H,3,11,23H2,1-2H3,(H2,24,28)(H,25,29). The summed E-state index contributed by atoms with van der Waals surface area (Å²) >= 11 is 0.